The number of hydrogen-bond donors (Lipinski definition) is 1. The second-order valence-corrected chi connectivity index (χ2v) is 8.43. The van der Waals surface area contributed by atoms with Crippen molar-refractivity contribution in [1.29, 1.82) is 0 Å². The van der Waals surface area contributed by atoms with E-state index in [1.807, 2.05) is 10.9 Å². The van der Waals surface area contributed by atoms with Crippen LogP contribution in [0.15, 0.2) is 17.6 Å². The Hall–Kier alpha value is -1.20. The van der Waals surface area contributed by atoms with Crippen LogP contribution in [0.2, 0.25) is 0 Å². The van der Waals surface area contributed by atoms with Gasteiger partial charge in [-0.05, 0) is 26.8 Å². The summed E-state index contributed by atoms with van der Waals surface area (Å²) >= 11 is 1.71. The van der Waals surface area contributed by atoms with Crippen molar-refractivity contribution in [2.45, 2.75) is 65.6 Å². The van der Waals surface area contributed by atoms with Crippen LogP contribution >= 0.6 is 11.3 Å². The molecule has 0 unspecified atom stereocenters. The molecule has 0 amide bonds. The van der Waals surface area contributed by atoms with Crippen LogP contribution in [0.1, 0.15) is 57.9 Å². The average Bonchev–Trinajstić information content (AvgIpc) is 2.94. The van der Waals surface area contributed by atoms with Gasteiger partial charge in [-0.25, -0.2) is 4.98 Å². The fourth-order valence-corrected chi connectivity index (χ4v) is 2.82. The quantitative estimate of drug-likeness (QED) is 0.939. The Kier molecular flexibility index (Phi) is 4.54. The maximum Gasteiger partial charge on any atom is 0.114 e. The van der Waals surface area contributed by atoms with Crippen LogP contribution in [0, 0.1) is 0 Å². The Morgan fingerprint density at radius 1 is 1.19 bits per heavy atom. The van der Waals surface area contributed by atoms with Gasteiger partial charge in [0.1, 0.15) is 5.01 Å². The summed E-state index contributed by atoms with van der Waals surface area (Å²) in [4.78, 5) is 4.71. The minimum Gasteiger partial charge on any atom is -0.306 e. The van der Waals surface area contributed by atoms with Gasteiger partial charge < -0.3 is 5.32 Å². The van der Waals surface area contributed by atoms with Gasteiger partial charge in [-0.3, -0.25) is 4.68 Å². The van der Waals surface area contributed by atoms with Crippen LogP contribution in [0.25, 0.3) is 0 Å². The van der Waals surface area contributed by atoms with Crippen molar-refractivity contribution in [1.82, 2.24) is 20.1 Å². The molecular weight excluding hydrogens is 280 g/mol. The van der Waals surface area contributed by atoms with Crippen molar-refractivity contribution in [3.05, 3.63) is 34.0 Å². The predicted octanol–water partition coefficient (Wildman–Crippen LogP) is 3.57. The van der Waals surface area contributed by atoms with Gasteiger partial charge in [0.15, 0.2) is 0 Å². The third-order valence-corrected chi connectivity index (χ3v) is 3.95. The van der Waals surface area contributed by atoms with E-state index in [4.69, 9.17) is 4.98 Å². The molecule has 2 aromatic heterocycles. The number of nitrogens with zero attached hydrogens (tertiary/aromatic N) is 3. The zero-order valence-corrected chi connectivity index (χ0v) is 14.7. The smallest absolute Gasteiger partial charge is 0.114 e. The summed E-state index contributed by atoms with van der Waals surface area (Å²) in [7, 11) is 0. The lowest BCUT2D eigenvalue weighted by Gasteiger charge is -2.19. The third-order valence-electron chi connectivity index (χ3n) is 3.11. The van der Waals surface area contributed by atoms with Gasteiger partial charge in [-0.1, -0.05) is 20.8 Å². The van der Waals surface area contributed by atoms with Crippen LogP contribution in [0.3, 0.4) is 0 Å². The molecule has 0 saturated heterocycles. The van der Waals surface area contributed by atoms with Crippen LogP contribution in [-0.2, 0) is 18.5 Å². The van der Waals surface area contributed by atoms with Gasteiger partial charge in [0.2, 0.25) is 0 Å². The Morgan fingerprint density at radius 2 is 1.90 bits per heavy atom. The van der Waals surface area contributed by atoms with E-state index >= 15 is 0 Å². The molecule has 0 fully saturated rings. The van der Waals surface area contributed by atoms with E-state index in [9.17, 15) is 0 Å². The van der Waals surface area contributed by atoms with Crippen LogP contribution < -0.4 is 5.32 Å². The second-order valence-electron chi connectivity index (χ2n) is 7.48. The van der Waals surface area contributed by atoms with E-state index in [0.29, 0.717) is 0 Å². The summed E-state index contributed by atoms with van der Waals surface area (Å²) in [6, 6.07) is 2.07. The first kappa shape index (κ1) is 16.2. The zero-order valence-electron chi connectivity index (χ0n) is 13.9. The van der Waals surface area contributed by atoms with Crippen molar-refractivity contribution in [2.75, 3.05) is 0 Å². The van der Waals surface area contributed by atoms with Crippen molar-refractivity contribution in [3.8, 4) is 0 Å². The Balaban J connectivity index is 1.98. The minimum absolute atomic E-state index is 0.112. The number of rotatable bonds is 4. The summed E-state index contributed by atoms with van der Waals surface area (Å²) < 4.78 is 1.96. The first-order valence-corrected chi connectivity index (χ1v) is 8.24. The standard InChI is InChI=1S/C16H26N4S/c1-15(2,3)13-11-21-14(18-13)10-20-8-7-12(19-20)9-17-16(4,5)6/h7-8,11,17H,9-10H2,1-6H3. The summed E-state index contributed by atoms with van der Waals surface area (Å²) in [6.45, 7) is 14.6. The van der Waals surface area contributed by atoms with Gasteiger partial charge >= 0.3 is 0 Å². The summed E-state index contributed by atoms with van der Waals surface area (Å²) in [5.74, 6) is 0. The molecule has 116 valence electrons. The molecule has 4 nitrogen and oxygen atoms in total. The van der Waals surface area contributed by atoms with E-state index in [2.05, 4.69) is 63.4 Å². The van der Waals surface area contributed by atoms with E-state index in [-0.39, 0.29) is 11.0 Å². The molecule has 2 aromatic rings. The molecule has 0 spiro atoms. The molecule has 0 aliphatic rings. The fourth-order valence-electron chi connectivity index (χ4n) is 1.81. The van der Waals surface area contributed by atoms with Gasteiger partial charge in [0.05, 0.1) is 17.9 Å². The second kappa shape index (κ2) is 5.89. The van der Waals surface area contributed by atoms with Gasteiger partial charge in [-0.15, -0.1) is 11.3 Å². The maximum absolute atomic E-state index is 4.71. The lowest BCUT2D eigenvalue weighted by Crippen LogP contribution is -2.35. The Labute approximate surface area is 131 Å². The van der Waals surface area contributed by atoms with Gasteiger partial charge in [0, 0.05) is 29.1 Å². The first-order chi connectivity index (χ1) is 9.63. The van der Waals surface area contributed by atoms with Crippen molar-refractivity contribution in [3.63, 3.8) is 0 Å². The minimum atomic E-state index is 0.112. The topological polar surface area (TPSA) is 42.7 Å². The normalized spacial score (nSPS) is 12.9. The number of hydrogen-bond acceptors (Lipinski definition) is 4. The molecule has 0 saturated carbocycles. The molecule has 0 aromatic carbocycles. The molecule has 21 heavy (non-hydrogen) atoms. The molecule has 2 rings (SSSR count). The van der Waals surface area contributed by atoms with Crippen molar-refractivity contribution in [2.24, 2.45) is 0 Å². The first-order valence-electron chi connectivity index (χ1n) is 7.36. The highest BCUT2D eigenvalue weighted by Crippen LogP contribution is 2.24. The average molecular weight is 306 g/mol. The highest BCUT2D eigenvalue weighted by Gasteiger charge is 2.17. The lowest BCUT2D eigenvalue weighted by atomic mass is 9.93. The predicted molar refractivity (Wildman–Crippen MR) is 88.7 cm³/mol. The van der Waals surface area contributed by atoms with Crippen LogP contribution in [0.4, 0.5) is 0 Å². The van der Waals surface area contributed by atoms with E-state index in [0.717, 1.165) is 29.5 Å². The zero-order chi connectivity index (χ0) is 15.7. The molecule has 5 heteroatoms. The Bertz CT molecular complexity index is 584. The Morgan fingerprint density at radius 3 is 2.48 bits per heavy atom. The number of thiazole rings is 1. The van der Waals surface area contributed by atoms with Crippen LogP contribution in [-0.4, -0.2) is 20.3 Å². The molecule has 2 heterocycles. The summed E-state index contributed by atoms with van der Waals surface area (Å²) in [5, 5.41) is 11.3. The number of aromatic nitrogens is 3. The van der Waals surface area contributed by atoms with E-state index in [1.165, 1.54) is 0 Å². The third kappa shape index (κ3) is 4.93. The number of nitrogens with one attached hydrogen (secondary N) is 1. The van der Waals surface area contributed by atoms with E-state index < -0.39 is 0 Å². The molecule has 0 aliphatic carbocycles. The molecule has 1 N–H and O–H groups in total. The fraction of sp³-hybridized carbons (Fsp3) is 0.625. The van der Waals surface area contributed by atoms with Crippen LogP contribution in [0.5, 0.6) is 0 Å². The largest absolute Gasteiger partial charge is 0.306 e. The lowest BCUT2D eigenvalue weighted by molar-refractivity contribution is 0.419. The highest BCUT2D eigenvalue weighted by atomic mass is 32.1. The SMILES string of the molecule is CC(C)(C)NCc1ccn(Cc2nc(C(C)(C)C)cs2)n1. The van der Waals surface area contributed by atoms with Crippen molar-refractivity contribution >= 4 is 11.3 Å². The van der Waals surface area contributed by atoms with Gasteiger partial charge in [0.25, 0.3) is 0 Å². The maximum atomic E-state index is 4.71. The molecule has 0 aliphatic heterocycles. The molecule has 0 radical (unpaired) electrons. The molecule has 0 atom stereocenters. The summed E-state index contributed by atoms with van der Waals surface area (Å²) in [6.07, 6.45) is 2.03. The molecule has 0 bridgehead atoms. The van der Waals surface area contributed by atoms with E-state index in [1.54, 1.807) is 11.3 Å². The van der Waals surface area contributed by atoms with Crippen molar-refractivity contribution < 1.29 is 0 Å². The highest BCUT2D eigenvalue weighted by molar-refractivity contribution is 7.09. The monoisotopic (exact) mass is 306 g/mol. The summed E-state index contributed by atoms with van der Waals surface area (Å²) in [5.41, 5.74) is 2.45. The molecular formula is C16H26N4S. The van der Waals surface area contributed by atoms with Gasteiger partial charge in [-0.2, -0.15) is 5.10 Å².